The van der Waals surface area contributed by atoms with Gasteiger partial charge in [0.25, 0.3) is 0 Å². The zero-order valence-electron chi connectivity index (χ0n) is 17.4. The third kappa shape index (κ3) is 6.11. The number of sulfonamides is 1. The van der Waals surface area contributed by atoms with Crippen molar-refractivity contribution in [1.29, 1.82) is 0 Å². The molecule has 1 N–H and O–H groups in total. The van der Waals surface area contributed by atoms with Gasteiger partial charge >= 0.3 is 0 Å². The zero-order valence-corrected chi connectivity index (χ0v) is 21.3. The van der Waals surface area contributed by atoms with Crippen molar-refractivity contribution in [2.24, 2.45) is 0 Å². The number of nitrogens with one attached hydrogen (secondary N) is 1. The van der Waals surface area contributed by atoms with E-state index in [-0.39, 0.29) is 18.0 Å². The molecule has 0 atom stereocenters. The summed E-state index contributed by atoms with van der Waals surface area (Å²) in [4.78, 5) is 12.9. The maximum absolute atomic E-state index is 13.4. The molecular formula is C23H21BrCl2N2O3S. The third-order valence-corrected chi connectivity index (χ3v) is 7.86. The lowest BCUT2D eigenvalue weighted by atomic mass is 10.1. The van der Waals surface area contributed by atoms with E-state index in [9.17, 15) is 13.2 Å². The second-order valence-electron chi connectivity index (χ2n) is 7.34. The largest absolute Gasteiger partial charge is 0.325 e. The molecule has 0 aliphatic carbocycles. The molecule has 9 heteroatoms. The molecule has 0 heterocycles. The van der Waals surface area contributed by atoms with Crippen LogP contribution >= 0.6 is 39.1 Å². The van der Waals surface area contributed by atoms with E-state index < -0.39 is 15.9 Å². The predicted octanol–water partition coefficient (Wildman–Crippen LogP) is 6.20. The molecule has 0 saturated carbocycles. The van der Waals surface area contributed by atoms with Gasteiger partial charge in [-0.1, -0.05) is 57.3 Å². The summed E-state index contributed by atoms with van der Waals surface area (Å²) >= 11 is 15.4. The second-order valence-corrected chi connectivity index (χ2v) is 11.0. The van der Waals surface area contributed by atoms with Crippen LogP contribution < -0.4 is 5.32 Å². The van der Waals surface area contributed by atoms with Gasteiger partial charge in [-0.2, -0.15) is 4.31 Å². The van der Waals surface area contributed by atoms with Gasteiger partial charge in [0.1, 0.15) is 0 Å². The molecule has 1 amide bonds. The number of amides is 1. The van der Waals surface area contributed by atoms with Crippen LogP contribution in [0.5, 0.6) is 0 Å². The minimum atomic E-state index is -3.97. The number of halogens is 3. The quantitative estimate of drug-likeness (QED) is 0.377. The molecule has 5 nitrogen and oxygen atoms in total. The maximum Gasteiger partial charge on any atom is 0.243 e. The predicted molar refractivity (Wildman–Crippen MR) is 133 cm³/mol. The van der Waals surface area contributed by atoms with Crippen LogP contribution in [0.15, 0.2) is 70.0 Å². The molecule has 3 rings (SSSR count). The van der Waals surface area contributed by atoms with Gasteiger partial charge in [0, 0.05) is 16.7 Å². The summed E-state index contributed by atoms with van der Waals surface area (Å²) in [5.41, 5.74) is 3.13. The fraction of sp³-hybridized carbons (Fsp3) is 0.174. The van der Waals surface area contributed by atoms with E-state index in [4.69, 9.17) is 23.2 Å². The molecule has 0 aliphatic rings. The first-order valence-electron chi connectivity index (χ1n) is 9.63. The van der Waals surface area contributed by atoms with Crippen LogP contribution in [0.2, 0.25) is 10.0 Å². The molecule has 0 fully saturated rings. The molecular weight excluding hydrogens is 535 g/mol. The Kier molecular flexibility index (Phi) is 8.01. The minimum absolute atomic E-state index is 0.0461. The van der Waals surface area contributed by atoms with Gasteiger partial charge in [-0.25, -0.2) is 8.42 Å². The Morgan fingerprint density at radius 3 is 2.31 bits per heavy atom. The van der Waals surface area contributed by atoms with Gasteiger partial charge < -0.3 is 5.32 Å². The number of benzene rings is 3. The van der Waals surface area contributed by atoms with E-state index in [1.165, 1.54) is 12.1 Å². The molecule has 0 bridgehead atoms. The summed E-state index contributed by atoms with van der Waals surface area (Å²) in [5, 5.41) is 3.50. The lowest BCUT2D eigenvalue weighted by molar-refractivity contribution is -0.116. The van der Waals surface area contributed by atoms with E-state index in [2.05, 4.69) is 21.2 Å². The first-order chi connectivity index (χ1) is 15.1. The van der Waals surface area contributed by atoms with Gasteiger partial charge in [0.05, 0.1) is 21.5 Å². The van der Waals surface area contributed by atoms with Crippen molar-refractivity contribution in [3.05, 3.63) is 91.9 Å². The number of aryl methyl sites for hydroxylation is 2. The van der Waals surface area contributed by atoms with E-state index in [1.807, 2.05) is 32.0 Å². The standard InChI is InChI=1S/C23H21BrCl2N2O3S/c1-15-3-4-16(2)22(11-15)27-23(29)14-28(13-17-5-10-20(25)21(26)12-17)32(30,31)19-8-6-18(24)7-9-19/h3-12H,13-14H2,1-2H3,(H,27,29). The van der Waals surface area contributed by atoms with Crippen LogP contribution in [0.1, 0.15) is 16.7 Å². The Labute approximate surface area is 206 Å². The van der Waals surface area contributed by atoms with Gasteiger partial charge in [0.2, 0.25) is 15.9 Å². The highest BCUT2D eigenvalue weighted by molar-refractivity contribution is 9.10. The Morgan fingerprint density at radius 2 is 1.66 bits per heavy atom. The molecule has 3 aromatic carbocycles. The van der Waals surface area contributed by atoms with Crippen molar-refractivity contribution in [1.82, 2.24) is 4.31 Å². The number of nitrogens with zero attached hydrogens (tertiary/aromatic N) is 1. The van der Waals surface area contributed by atoms with Crippen LogP contribution in [0.3, 0.4) is 0 Å². The summed E-state index contributed by atoms with van der Waals surface area (Å²) in [6.45, 7) is 3.38. The van der Waals surface area contributed by atoms with Crippen molar-refractivity contribution in [3.8, 4) is 0 Å². The van der Waals surface area contributed by atoms with Crippen LogP contribution in [0.25, 0.3) is 0 Å². The summed E-state index contributed by atoms with van der Waals surface area (Å²) in [6, 6.07) is 16.8. The van der Waals surface area contributed by atoms with Gasteiger partial charge in [0.15, 0.2) is 0 Å². The SMILES string of the molecule is Cc1ccc(C)c(NC(=O)CN(Cc2ccc(Cl)c(Cl)c2)S(=O)(=O)c2ccc(Br)cc2)c1. The zero-order chi connectivity index (χ0) is 23.5. The Hall–Kier alpha value is -1.90. The number of carbonyl (C=O) groups excluding carboxylic acids is 1. The molecule has 32 heavy (non-hydrogen) atoms. The average molecular weight is 556 g/mol. The minimum Gasteiger partial charge on any atom is -0.325 e. The van der Waals surface area contributed by atoms with Crippen molar-refractivity contribution in [3.63, 3.8) is 0 Å². The fourth-order valence-corrected chi connectivity index (χ4v) is 5.01. The summed E-state index contributed by atoms with van der Waals surface area (Å²) in [5.74, 6) is -0.445. The van der Waals surface area contributed by atoms with Crippen molar-refractivity contribution in [2.45, 2.75) is 25.3 Å². The summed E-state index contributed by atoms with van der Waals surface area (Å²) in [6.07, 6.45) is 0. The van der Waals surface area contributed by atoms with Crippen molar-refractivity contribution < 1.29 is 13.2 Å². The van der Waals surface area contributed by atoms with Crippen LogP contribution in [0.4, 0.5) is 5.69 Å². The maximum atomic E-state index is 13.4. The number of anilines is 1. The highest BCUT2D eigenvalue weighted by Gasteiger charge is 2.27. The summed E-state index contributed by atoms with van der Waals surface area (Å²) < 4.78 is 28.6. The van der Waals surface area contributed by atoms with Crippen LogP contribution in [-0.4, -0.2) is 25.2 Å². The third-order valence-electron chi connectivity index (χ3n) is 4.78. The van der Waals surface area contributed by atoms with E-state index in [0.29, 0.717) is 21.3 Å². The molecule has 0 spiro atoms. The fourth-order valence-electron chi connectivity index (χ4n) is 3.04. The van der Waals surface area contributed by atoms with Gasteiger partial charge in [-0.3, -0.25) is 4.79 Å². The van der Waals surface area contributed by atoms with E-state index in [0.717, 1.165) is 19.9 Å². The highest BCUT2D eigenvalue weighted by Crippen LogP contribution is 2.26. The molecule has 0 aliphatic heterocycles. The molecule has 168 valence electrons. The smallest absolute Gasteiger partial charge is 0.243 e. The van der Waals surface area contributed by atoms with Crippen molar-refractivity contribution in [2.75, 3.05) is 11.9 Å². The number of carbonyl (C=O) groups is 1. The average Bonchev–Trinajstić information content (AvgIpc) is 2.73. The monoisotopic (exact) mass is 554 g/mol. The number of hydrogen-bond acceptors (Lipinski definition) is 3. The highest BCUT2D eigenvalue weighted by atomic mass is 79.9. The first kappa shape index (κ1) is 24.7. The summed E-state index contributed by atoms with van der Waals surface area (Å²) in [7, 11) is -3.97. The van der Waals surface area contributed by atoms with Gasteiger partial charge in [-0.15, -0.1) is 0 Å². The Bertz CT molecular complexity index is 1250. The number of rotatable bonds is 7. The van der Waals surface area contributed by atoms with Crippen LogP contribution in [0, 0.1) is 13.8 Å². The first-order valence-corrected chi connectivity index (χ1v) is 12.6. The van der Waals surface area contributed by atoms with Crippen LogP contribution in [-0.2, 0) is 21.4 Å². The lowest BCUT2D eigenvalue weighted by Gasteiger charge is -2.22. The topological polar surface area (TPSA) is 66.5 Å². The Balaban J connectivity index is 1.92. The molecule has 0 unspecified atom stereocenters. The lowest BCUT2D eigenvalue weighted by Crippen LogP contribution is -2.37. The molecule has 0 radical (unpaired) electrons. The molecule has 0 aromatic heterocycles. The molecule has 0 saturated heterocycles. The van der Waals surface area contributed by atoms with Gasteiger partial charge in [-0.05, 0) is 73.0 Å². The Morgan fingerprint density at radius 1 is 0.969 bits per heavy atom. The van der Waals surface area contributed by atoms with E-state index >= 15 is 0 Å². The second kappa shape index (κ2) is 10.4. The normalized spacial score (nSPS) is 11.6. The van der Waals surface area contributed by atoms with E-state index in [1.54, 1.807) is 30.3 Å². The van der Waals surface area contributed by atoms with Crippen molar-refractivity contribution >= 4 is 60.7 Å². The number of hydrogen-bond donors (Lipinski definition) is 1. The molecule has 3 aromatic rings.